The average Bonchev–Trinajstić information content (AvgIpc) is 2.82. The maximum atomic E-state index is 12.4. The van der Waals surface area contributed by atoms with Crippen LogP contribution in [0.5, 0.6) is 17.2 Å². The molecular formula is C28H25BrN2O4. The van der Waals surface area contributed by atoms with Gasteiger partial charge in [0.1, 0.15) is 28.9 Å². The minimum atomic E-state index is -0.552. The topological polar surface area (TPSA) is 94.6 Å². The third-order valence-electron chi connectivity index (χ3n) is 5.72. The van der Waals surface area contributed by atoms with E-state index < -0.39 is 11.9 Å². The molecule has 0 aromatic heterocycles. The van der Waals surface area contributed by atoms with Gasteiger partial charge in [-0.2, -0.15) is 5.26 Å². The van der Waals surface area contributed by atoms with E-state index in [4.69, 9.17) is 19.9 Å². The fourth-order valence-corrected chi connectivity index (χ4v) is 4.40. The number of carbonyl (C=O) groups is 1. The molecule has 0 radical (unpaired) electrons. The van der Waals surface area contributed by atoms with E-state index in [0.717, 1.165) is 15.6 Å². The molecule has 178 valence electrons. The van der Waals surface area contributed by atoms with Crippen molar-refractivity contribution in [1.29, 1.82) is 5.26 Å². The van der Waals surface area contributed by atoms with Crippen LogP contribution in [0, 0.1) is 11.3 Å². The first kappa shape index (κ1) is 24.4. The van der Waals surface area contributed by atoms with Gasteiger partial charge in [0.15, 0.2) is 6.61 Å². The van der Waals surface area contributed by atoms with Gasteiger partial charge in [0.2, 0.25) is 5.88 Å². The lowest BCUT2D eigenvalue weighted by Gasteiger charge is -2.27. The van der Waals surface area contributed by atoms with Crippen molar-refractivity contribution in [3.05, 3.63) is 99.3 Å². The number of halogens is 1. The Balaban J connectivity index is 1.49. The first-order valence-corrected chi connectivity index (χ1v) is 11.9. The number of fused-ring (bicyclic) bond motifs is 1. The van der Waals surface area contributed by atoms with Crippen LogP contribution >= 0.6 is 15.9 Å². The summed E-state index contributed by atoms with van der Waals surface area (Å²) in [6.45, 7) is 6.16. The Hall–Kier alpha value is -3.76. The molecule has 1 heterocycles. The number of nitrogens with zero attached hydrogens (tertiary/aromatic N) is 1. The van der Waals surface area contributed by atoms with Gasteiger partial charge in [0, 0.05) is 16.1 Å². The summed E-state index contributed by atoms with van der Waals surface area (Å²) in [5, 5.41) is 9.72. The van der Waals surface area contributed by atoms with Crippen LogP contribution in [-0.4, -0.2) is 12.6 Å². The Bertz CT molecular complexity index is 1330. The summed E-state index contributed by atoms with van der Waals surface area (Å²) in [4.78, 5) is 12.4. The minimum absolute atomic E-state index is 0.0197. The second-order valence-corrected chi connectivity index (χ2v) is 10.0. The van der Waals surface area contributed by atoms with Crippen LogP contribution in [0.15, 0.2) is 82.7 Å². The molecule has 0 fully saturated rings. The van der Waals surface area contributed by atoms with Crippen LogP contribution in [0.1, 0.15) is 43.4 Å². The Kier molecular flexibility index (Phi) is 6.86. The minimum Gasteiger partial charge on any atom is -0.482 e. The lowest BCUT2D eigenvalue weighted by molar-refractivity contribution is -0.136. The van der Waals surface area contributed by atoms with Crippen molar-refractivity contribution in [1.82, 2.24) is 0 Å². The molecule has 1 aliphatic rings. The zero-order valence-corrected chi connectivity index (χ0v) is 21.3. The zero-order chi connectivity index (χ0) is 25.2. The number of rotatable bonds is 5. The second-order valence-electron chi connectivity index (χ2n) is 9.18. The first-order chi connectivity index (χ1) is 16.7. The van der Waals surface area contributed by atoms with Crippen LogP contribution in [0.25, 0.3) is 0 Å². The zero-order valence-electron chi connectivity index (χ0n) is 19.7. The predicted octanol–water partition coefficient (Wildman–Crippen LogP) is 5.95. The molecule has 1 atom stereocenters. The molecule has 2 N–H and O–H groups in total. The quantitative estimate of drug-likeness (QED) is 0.322. The van der Waals surface area contributed by atoms with Crippen molar-refractivity contribution in [2.24, 2.45) is 5.73 Å². The summed E-state index contributed by atoms with van der Waals surface area (Å²) in [7, 11) is 0. The highest BCUT2D eigenvalue weighted by molar-refractivity contribution is 9.10. The number of nitrogens with two attached hydrogens (primary N) is 1. The number of carbonyl (C=O) groups excluding carboxylic acids is 1. The van der Waals surface area contributed by atoms with E-state index in [9.17, 15) is 10.1 Å². The van der Waals surface area contributed by atoms with E-state index in [1.807, 2.05) is 48.5 Å². The van der Waals surface area contributed by atoms with Gasteiger partial charge in [-0.05, 0) is 40.8 Å². The number of ether oxygens (including phenoxy) is 3. The number of allylic oxidation sites excluding steroid dienone is 1. The maximum absolute atomic E-state index is 12.4. The van der Waals surface area contributed by atoms with Crippen molar-refractivity contribution >= 4 is 21.9 Å². The highest BCUT2D eigenvalue weighted by atomic mass is 79.9. The molecule has 4 rings (SSSR count). The highest BCUT2D eigenvalue weighted by Gasteiger charge is 2.32. The maximum Gasteiger partial charge on any atom is 0.349 e. The standard InChI is InChI=1S/C28H25BrN2O4/c1-28(2,3)17-8-10-18(11-9-17)33-16-25(32)34-19-12-13-21-24(14-19)35-27(31)22(15-30)26(21)20-6-4-5-7-23(20)29/h4-14,26H,16,31H2,1-3H3. The Morgan fingerprint density at radius 2 is 1.74 bits per heavy atom. The van der Waals surface area contributed by atoms with Crippen LogP contribution < -0.4 is 19.9 Å². The van der Waals surface area contributed by atoms with Crippen molar-refractivity contribution in [2.75, 3.05) is 6.61 Å². The third kappa shape index (κ3) is 5.33. The summed E-state index contributed by atoms with van der Waals surface area (Å²) < 4.78 is 17.6. The largest absolute Gasteiger partial charge is 0.482 e. The van der Waals surface area contributed by atoms with Gasteiger partial charge in [-0.25, -0.2) is 4.79 Å². The molecule has 35 heavy (non-hydrogen) atoms. The monoisotopic (exact) mass is 532 g/mol. The van der Waals surface area contributed by atoms with Crippen molar-refractivity contribution in [2.45, 2.75) is 32.1 Å². The van der Waals surface area contributed by atoms with Crippen LogP contribution in [0.3, 0.4) is 0 Å². The Morgan fingerprint density at radius 3 is 2.40 bits per heavy atom. The van der Waals surface area contributed by atoms with Gasteiger partial charge in [0.05, 0.1) is 5.92 Å². The first-order valence-electron chi connectivity index (χ1n) is 11.1. The lowest BCUT2D eigenvalue weighted by atomic mass is 9.83. The number of esters is 1. The Morgan fingerprint density at radius 1 is 1.06 bits per heavy atom. The van der Waals surface area contributed by atoms with Crippen molar-refractivity contribution < 1.29 is 19.0 Å². The molecule has 3 aromatic rings. The smallest absolute Gasteiger partial charge is 0.349 e. The van der Waals surface area contributed by atoms with Gasteiger partial charge < -0.3 is 19.9 Å². The van der Waals surface area contributed by atoms with E-state index in [-0.39, 0.29) is 17.9 Å². The van der Waals surface area contributed by atoms with E-state index in [2.05, 4.69) is 42.8 Å². The van der Waals surface area contributed by atoms with Crippen LogP contribution in [0.4, 0.5) is 0 Å². The molecule has 1 aliphatic heterocycles. The summed E-state index contributed by atoms with van der Waals surface area (Å²) in [6.07, 6.45) is 0. The van der Waals surface area contributed by atoms with E-state index in [1.165, 1.54) is 5.56 Å². The molecular weight excluding hydrogens is 508 g/mol. The highest BCUT2D eigenvalue weighted by Crippen LogP contribution is 2.45. The summed E-state index contributed by atoms with van der Waals surface area (Å²) in [6, 6.07) is 22.5. The summed E-state index contributed by atoms with van der Waals surface area (Å²) in [5.74, 6) is 0.353. The van der Waals surface area contributed by atoms with E-state index in [0.29, 0.717) is 22.8 Å². The molecule has 3 aromatic carbocycles. The molecule has 0 aliphatic carbocycles. The fraction of sp³-hybridized carbons (Fsp3) is 0.214. The van der Waals surface area contributed by atoms with Crippen molar-refractivity contribution in [3.8, 4) is 23.3 Å². The summed E-state index contributed by atoms with van der Waals surface area (Å²) in [5.41, 5.74) is 9.24. The number of benzene rings is 3. The van der Waals surface area contributed by atoms with Crippen molar-refractivity contribution in [3.63, 3.8) is 0 Å². The van der Waals surface area contributed by atoms with E-state index in [1.54, 1.807) is 18.2 Å². The fourth-order valence-electron chi connectivity index (χ4n) is 3.88. The van der Waals surface area contributed by atoms with Crippen LogP contribution in [-0.2, 0) is 10.2 Å². The van der Waals surface area contributed by atoms with Crippen LogP contribution in [0.2, 0.25) is 0 Å². The number of hydrogen-bond donors (Lipinski definition) is 1. The summed E-state index contributed by atoms with van der Waals surface area (Å²) >= 11 is 3.56. The normalized spacial score (nSPS) is 15.0. The molecule has 0 saturated carbocycles. The Labute approximate surface area is 213 Å². The van der Waals surface area contributed by atoms with Gasteiger partial charge >= 0.3 is 5.97 Å². The third-order valence-corrected chi connectivity index (χ3v) is 6.44. The molecule has 0 saturated heterocycles. The number of nitriles is 1. The number of hydrogen-bond acceptors (Lipinski definition) is 6. The van der Waals surface area contributed by atoms with Gasteiger partial charge in [-0.1, -0.05) is 73.1 Å². The molecule has 7 heteroatoms. The van der Waals surface area contributed by atoms with E-state index >= 15 is 0 Å². The van der Waals surface area contributed by atoms with Gasteiger partial charge in [0.25, 0.3) is 0 Å². The van der Waals surface area contributed by atoms with Gasteiger partial charge in [-0.3, -0.25) is 0 Å². The molecule has 1 unspecified atom stereocenters. The second kappa shape index (κ2) is 9.85. The molecule has 0 bridgehead atoms. The predicted molar refractivity (Wildman–Crippen MR) is 136 cm³/mol. The molecule has 0 spiro atoms. The molecule has 0 amide bonds. The van der Waals surface area contributed by atoms with Gasteiger partial charge in [-0.15, -0.1) is 0 Å². The molecule has 6 nitrogen and oxygen atoms in total. The lowest BCUT2D eigenvalue weighted by Crippen LogP contribution is -2.22. The average molecular weight is 533 g/mol. The SMILES string of the molecule is CC(C)(C)c1ccc(OCC(=O)Oc2ccc3c(c2)OC(N)=C(C#N)C3c2ccccc2Br)cc1.